The monoisotopic (exact) mass is 408 g/mol. The molecule has 0 unspecified atom stereocenters. The molecule has 2 aliphatic carbocycles. The van der Waals surface area contributed by atoms with Gasteiger partial charge in [0.15, 0.2) is 28.9 Å². The molecular weight excluding hydrogens is 390 g/mol. The summed E-state index contributed by atoms with van der Waals surface area (Å²) in [5.41, 5.74) is 2.68. The smallest absolute Gasteiger partial charge is 0.265 e. The van der Waals surface area contributed by atoms with Crippen molar-refractivity contribution in [1.29, 1.82) is 5.26 Å². The molecule has 0 bridgehead atoms. The number of nitriles is 1. The second kappa shape index (κ2) is 8.75. The second-order valence-electron chi connectivity index (χ2n) is 6.71. The Balaban J connectivity index is 0.000000177. The van der Waals surface area contributed by atoms with Gasteiger partial charge in [0, 0.05) is 12.0 Å². The van der Waals surface area contributed by atoms with Crippen molar-refractivity contribution >= 4 is 11.4 Å². The molecule has 0 aliphatic heterocycles. The number of hydrogen-bond donors (Lipinski definition) is 0. The molecule has 0 atom stereocenters. The van der Waals surface area contributed by atoms with Gasteiger partial charge in [-0.1, -0.05) is 12.1 Å². The van der Waals surface area contributed by atoms with Crippen molar-refractivity contribution in [2.75, 3.05) is 14.2 Å². The first-order chi connectivity index (χ1) is 14.5. The molecule has 0 N–H and O–H groups in total. The van der Waals surface area contributed by atoms with Gasteiger partial charge in [0.1, 0.15) is 0 Å². The number of nitrogens with zero attached hydrogens (tertiary/aromatic N) is 2. The van der Waals surface area contributed by atoms with Gasteiger partial charge in [0.2, 0.25) is 0 Å². The topological polar surface area (TPSA) is 63.7 Å². The van der Waals surface area contributed by atoms with E-state index in [1.165, 1.54) is 14.2 Å². The van der Waals surface area contributed by atoms with E-state index >= 15 is 0 Å². The van der Waals surface area contributed by atoms with Gasteiger partial charge in [0.05, 0.1) is 32.4 Å². The summed E-state index contributed by atoms with van der Waals surface area (Å²) in [6.07, 6.45) is 2.26. The third kappa shape index (κ3) is 3.62. The van der Waals surface area contributed by atoms with E-state index in [2.05, 4.69) is 4.85 Å². The number of Topliss-reactive ketones (excluding diaryl/α,β-unsaturated/α-hetero) is 1. The van der Waals surface area contributed by atoms with Gasteiger partial charge in [-0.15, -0.1) is 0 Å². The number of rotatable bonds is 2. The fourth-order valence-corrected chi connectivity index (χ4v) is 3.71. The van der Waals surface area contributed by atoms with Crippen LogP contribution in [0.4, 0.5) is 8.78 Å². The maximum absolute atomic E-state index is 14.1. The van der Waals surface area contributed by atoms with Crippen molar-refractivity contribution in [2.24, 2.45) is 0 Å². The minimum atomic E-state index is -0.512. The number of benzene rings is 2. The highest BCUT2D eigenvalue weighted by molar-refractivity contribution is 6.01. The highest BCUT2D eigenvalue weighted by Crippen LogP contribution is 2.39. The maximum Gasteiger partial charge on any atom is 0.265 e. The number of halogens is 2. The zero-order chi connectivity index (χ0) is 21.8. The van der Waals surface area contributed by atoms with E-state index in [4.69, 9.17) is 21.3 Å². The quantitative estimate of drug-likeness (QED) is 0.524. The van der Waals surface area contributed by atoms with Crippen molar-refractivity contribution in [3.05, 3.63) is 75.3 Å². The lowest BCUT2D eigenvalue weighted by molar-refractivity contribution is 0.0990. The van der Waals surface area contributed by atoms with Gasteiger partial charge in [-0.25, -0.2) is 18.9 Å². The number of ketones is 1. The van der Waals surface area contributed by atoms with Crippen LogP contribution in [0, 0.1) is 29.5 Å². The van der Waals surface area contributed by atoms with Crippen molar-refractivity contribution < 1.29 is 23.0 Å². The van der Waals surface area contributed by atoms with Gasteiger partial charge < -0.3 is 9.47 Å². The van der Waals surface area contributed by atoms with Crippen molar-refractivity contribution in [3.63, 3.8) is 0 Å². The van der Waals surface area contributed by atoms with Crippen molar-refractivity contribution in [2.45, 2.75) is 25.7 Å². The number of ether oxygens (including phenoxy) is 2. The summed E-state index contributed by atoms with van der Waals surface area (Å²) in [5.74, 6) is -0.817. The van der Waals surface area contributed by atoms with Crippen LogP contribution in [-0.2, 0) is 12.8 Å². The highest BCUT2D eigenvalue weighted by Gasteiger charge is 2.26. The summed E-state index contributed by atoms with van der Waals surface area (Å²) < 4.78 is 37.3. The molecule has 30 heavy (non-hydrogen) atoms. The lowest BCUT2D eigenvalue weighted by Crippen LogP contribution is -1.99. The predicted molar refractivity (Wildman–Crippen MR) is 106 cm³/mol. The Bertz CT molecular complexity index is 1120. The van der Waals surface area contributed by atoms with E-state index in [9.17, 15) is 13.6 Å². The summed E-state index contributed by atoms with van der Waals surface area (Å²) >= 11 is 0. The largest absolute Gasteiger partial charge is 0.494 e. The van der Waals surface area contributed by atoms with Crippen LogP contribution in [-0.4, -0.2) is 20.0 Å². The molecule has 2 aromatic rings. The third-order valence-electron chi connectivity index (χ3n) is 5.18. The first-order valence-corrected chi connectivity index (χ1v) is 9.21. The van der Waals surface area contributed by atoms with E-state index in [1.807, 2.05) is 6.07 Å². The lowest BCUT2D eigenvalue weighted by Gasteiger charge is -2.07. The van der Waals surface area contributed by atoms with Crippen LogP contribution in [0.2, 0.25) is 0 Å². The molecule has 0 fully saturated rings. The van der Waals surface area contributed by atoms with Crippen LogP contribution in [0.25, 0.3) is 10.4 Å². The van der Waals surface area contributed by atoms with E-state index in [0.717, 1.165) is 11.1 Å². The lowest BCUT2D eigenvalue weighted by atomic mass is 10.0. The molecule has 0 saturated heterocycles. The minimum Gasteiger partial charge on any atom is -0.494 e. The molecule has 152 valence electrons. The molecule has 2 aromatic carbocycles. The third-order valence-corrected chi connectivity index (χ3v) is 5.18. The average molecular weight is 408 g/mol. The molecule has 0 radical (unpaired) electrons. The number of allylic oxidation sites excluding steroid dienone is 2. The Morgan fingerprint density at radius 3 is 2.03 bits per heavy atom. The van der Waals surface area contributed by atoms with Crippen LogP contribution in [0.1, 0.15) is 39.9 Å². The standard InChI is InChI=1S/C13H9FN2O.C10H9FO2/c1-16-10(7-15)9-5-3-8-4-6-11(17-2)13(14)12(8)9;1-13-8-5-3-6-2-4-7(12)9(6)10(8)11/h4,6H,3,5H2,2H3;3,5H,2,4H2,1H3/b10-9-;. The van der Waals surface area contributed by atoms with E-state index in [-0.39, 0.29) is 28.5 Å². The van der Waals surface area contributed by atoms with Crippen LogP contribution in [0.3, 0.4) is 0 Å². The molecule has 0 amide bonds. The van der Waals surface area contributed by atoms with E-state index in [1.54, 1.807) is 24.3 Å². The molecule has 0 saturated carbocycles. The summed E-state index contributed by atoms with van der Waals surface area (Å²) in [6.45, 7) is 6.93. The Morgan fingerprint density at radius 2 is 1.50 bits per heavy atom. The number of methoxy groups -OCH3 is 2. The van der Waals surface area contributed by atoms with Crippen LogP contribution in [0.5, 0.6) is 11.5 Å². The van der Waals surface area contributed by atoms with Gasteiger partial charge in [-0.3, -0.25) is 4.79 Å². The second-order valence-corrected chi connectivity index (χ2v) is 6.71. The number of fused-ring (bicyclic) bond motifs is 2. The Labute approximate surface area is 173 Å². The molecule has 7 heteroatoms. The zero-order valence-corrected chi connectivity index (χ0v) is 16.5. The average Bonchev–Trinajstić information content (AvgIpc) is 3.35. The Hall–Kier alpha value is -3.71. The Morgan fingerprint density at radius 1 is 0.967 bits per heavy atom. The summed E-state index contributed by atoms with van der Waals surface area (Å²) in [7, 11) is 2.79. The molecule has 4 rings (SSSR count). The molecular formula is C23H18F2N2O3. The summed E-state index contributed by atoms with van der Waals surface area (Å²) in [5, 5.41) is 8.85. The number of carbonyl (C=O) groups excluding carboxylic acids is 1. The van der Waals surface area contributed by atoms with Gasteiger partial charge >= 0.3 is 0 Å². The van der Waals surface area contributed by atoms with Gasteiger partial charge in [-0.05, 0) is 48.1 Å². The minimum absolute atomic E-state index is 0.0316. The maximum atomic E-state index is 14.1. The first kappa shape index (κ1) is 21.0. The van der Waals surface area contributed by atoms with Crippen LogP contribution < -0.4 is 9.47 Å². The first-order valence-electron chi connectivity index (χ1n) is 9.21. The fourth-order valence-electron chi connectivity index (χ4n) is 3.71. The van der Waals surface area contributed by atoms with Gasteiger partial charge in [0.25, 0.3) is 5.70 Å². The predicted octanol–water partition coefficient (Wildman–Crippen LogP) is 4.90. The van der Waals surface area contributed by atoms with E-state index < -0.39 is 11.6 Å². The van der Waals surface area contributed by atoms with Crippen molar-refractivity contribution in [3.8, 4) is 17.6 Å². The number of carbonyl (C=O) groups is 1. The molecule has 0 aromatic heterocycles. The van der Waals surface area contributed by atoms with Crippen LogP contribution >= 0.6 is 0 Å². The number of aryl methyl sites for hydroxylation is 2. The number of hydrogen-bond acceptors (Lipinski definition) is 4. The summed E-state index contributed by atoms with van der Waals surface area (Å²) in [4.78, 5) is 14.4. The molecule has 0 heterocycles. The molecule has 0 spiro atoms. The fraction of sp³-hybridized carbons (Fsp3) is 0.261. The SMILES string of the molecule is COc1ccc2c(c1F)C(=O)CC2.[C-]#[N+]/C(C#N)=C1/CCc2ccc(OC)c(F)c21. The van der Waals surface area contributed by atoms with Gasteiger partial charge in [-0.2, -0.15) is 0 Å². The van der Waals surface area contributed by atoms with Crippen LogP contribution in [0.15, 0.2) is 30.0 Å². The normalized spacial score (nSPS) is 15.2. The molecule has 2 aliphatic rings. The van der Waals surface area contributed by atoms with Crippen molar-refractivity contribution in [1.82, 2.24) is 0 Å². The zero-order valence-electron chi connectivity index (χ0n) is 16.5. The highest BCUT2D eigenvalue weighted by atomic mass is 19.1. The molecule has 5 nitrogen and oxygen atoms in total. The van der Waals surface area contributed by atoms with E-state index in [0.29, 0.717) is 36.8 Å². The Kier molecular flexibility index (Phi) is 6.13. The summed E-state index contributed by atoms with van der Waals surface area (Å²) in [6, 6.07) is 8.48.